The molecule has 184 valence electrons. The van der Waals surface area contributed by atoms with Crippen molar-refractivity contribution in [1.82, 2.24) is 20.4 Å². The fourth-order valence-corrected chi connectivity index (χ4v) is 5.55. The first-order valence-electron chi connectivity index (χ1n) is 13.2. The van der Waals surface area contributed by atoms with Crippen LogP contribution in [0.3, 0.4) is 0 Å². The van der Waals surface area contributed by atoms with Crippen molar-refractivity contribution in [3.63, 3.8) is 0 Å². The molecule has 0 spiro atoms. The third kappa shape index (κ3) is 6.47. The normalized spacial score (nSPS) is 22.4. The first kappa shape index (κ1) is 24.9. The van der Waals surface area contributed by atoms with Crippen LogP contribution in [0.5, 0.6) is 0 Å². The Bertz CT molecular complexity index is 890. The quantitative estimate of drug-likeness (QED) is 0.584. The Hall–Kier alpha value is -2.21. The summed E-state index contributed by atoms with van der Waals surface area (Å²) in [7, 11) is 0. The number of hydrogen-bond acceptors (Lipinski definition) is 4. The molecule has 2 aliphatic heterocycles. The van der Waals surface area contributed by atoms with Gasteiger partial charge in [-0.2, -0.15) is 0 Å². The van der Waals surface area contributed by atoms with Crippen LogP contribution in [0, 0.1) is 0 Å². The molecule has 2 fully saturated rings. The standard InChI is InChI=1S/C29H42N4O/c1-4-16-32-17-14-27(15-18-32)33-21-26(19-28(33)29(34)31-22(2)3)30-20-23-10-12-25(13-11-23)24-8-6-5-7-9-24/h5-13,22,26-28,30H,4,14-21H2,1-3H3,(H,31,34)/t26-,28+/m1/s1. The van der Waals surface area contributed by atoms with Crippen molar-refractivity contribution >= 4 is 5.91 Å². The average molecular weight is 463 g/mol. The highest BCUT2D eigenvalue weighted by molar-refractivity contribution is 5.82. The molecule has 0 aliphatic carbocycles. The van der Waals surface area contributed by atoms with E-state index in [-0.39, 0.29) is 18.0 Å². The predicted molar refractivity (Wildman–Crippen MR) is 141 cm³/mol. The third-order valence-electron chi connectivity index (χ3n) is 7.29. The molecule has 0 bridgehead atoms. The van der Waals surface area contributed by atoms with Gasteiger partial charge in [0.1, 0.15) is 0 Å². The topological polar surface area (TPSA) is 47.6 Å². The first-order chi connectivity index (χ1) is 16.5. The summed E-state index contributed by atoms with van der Waals surface area (Å²) >= 11 is 0. The van der Waals surface area contributed by atoms with Gasteiger partial charge in [-0.3, -0.25) is 9.69 Å². The number of amides is 1. The highest BCUT2D eigenvalue weighted by atomic mass is 16.2. The number of nitrogens with one attached hydrogen (secondary N) is 2. The van der Waals surface area contributed by atoms with Crippen LogP contribution >= 0.6 is 0 Å². The van der Waals surface area contributed by atoms with Crippen LogP contribution in [0.15, 0.2) is 54.6 Å². The van der Waals surface area contributed by atoms with Gasteiger partial charge in [0.25, 0.3) is 0 Å². The number of benzene rings is 2. The lowest BCUT2D eigenvalue weighted by atomic mass is 10.0. The van der Waals surface area contributed by atoms with Gasteiger partial charge in [-0.05, 0) is 75.9 Å². The Balaban J connectivity index is 1.36. The molecule has 5 nitrogen and oxygen atoms in total. The van der Waals surface area contributed by atoms with Gasteiger partial charge >= 0.3 is 0 Å². The molecule has 0 saturated carbocycles. The average Bonchev–Trinajstić information content (AvgIpc) is 3.28. The Morgan fingerprint density at radius 1 is 1.00 bits per heavy atom. The Morgan fingerprint density at radius 3 is 2.32 bits per heavy atom. The molecule has 2 aromatic rings. The van der Waals surface area contributed by atoms with E-state index < -0.39 is 0 Å². The fourth-order valence-electron chi connectivity index (χ4n) is 5.55. The van der Waals surface area contributed by atoms with E-state index >= 15 is 0 Å². The van der Waals surface area contributed by atoms with Gasteiger partial charge in [0.05, 0.1) is 6.04 Å². The number of likely N-dealkylation sites (tertiary alicyclic amines) is 2. The van der Waals surface area contributed by atoms with E-state index in [1.54, 1.807) is 0 Å². The van der Waals surface area contributed by atoms with Crippen LogP contribution in [-0.4, -0.2) is 66.1 Å². The molecule has 5 heteroatoms. The van der Waals surface area contributed by atoms with Crippen molar-refractivity contribution in [2.45, 2.75) is 77.2 Å². The largest absolute Gasteiger partial charge is 0.353 e. The maximum atomic E-state index is 13.1. The lowest BCUT2D eigenvalue weighted by Gasteiger charge is -2.39. The second kappa shape index (κ2) is 12.0. The van der Waals surface area contributed by atoms with Crippen LogP contribution in [0.4, 0.5) is 0 Å². The molecule has 2 heterocycles. The smallest absolute Gasteiger partial charge is 0.237 e. The van der Waals surface area contributed by atoms with Gasteiger partial charge in [-0.1, -0.05) is 61.5 Å². The molecule has 0 unspecified atom stereocenters. The lowest BCUT2D eigenvalue weighted by molar-refractivity contribution is -0.127. The van der Waals surface area contributed by atoms with Gasteiger partial charge in [0.15, 0.2) is 0 Å². The van der Waals surface area contributed by atoms with Crippen molar-refractivity contribution < 1.29 is 4.79 Å². The Kier molecular flexibility index (Phi) is 8.76. The van der Waals surface area contributed by atoms with E-state index in [9.17, 15) is 4.79 Å². The van der Waals surface area contributed by atoms with Crippen molar-refractivity contribution in [2.75, 3.05) is 26.2 Å². The summed E-state index contributed by atoms with van der Waals surface area (Å²) < 4.78 is 0. The van der Waals surface area contributed by atoms with Gasteiger partial charge in [-0.25, -0.2) is 0 Å². The summed E-state index contributed by atoms with van der Waals surface area (Å²) in [6.45, 7) is 11.6. The molecule has 2 atom stereocenters. The summed E-state index contributed by atoms with van der Waals surface area (Å²) in [4.78, 5) is 18.2. The van der Waals surface area contributed by atoms with Crippen molar-refractivity contribution in [3.05, 3.63) is 60.2 Å². The summed E-state index contributed by atoms with van der Waals surface area (Å²) in [6.07, 6.45) is 4.43. The number of piperidine rings is 1. The molecular weight excluding hydrogens is 420 g/mol. The monoisotopic (exact) mass is 462 g/mol. The summed E-state index contributed by atoms with van der Waals surface area (Å²) in [5, 5.41) is 6.94. The van der Waals surface area contributed by atoms with Gasteiger partial charge in [-0.15, -0.1) is 0 Å². The molecule has 1 amide bonds. The minimum atomic E-state index is -0.0249. The van der Waals surface area contributed by atoms with Gasteiger partial charge in [0, 0.05) is 31.2 Å². The Morgan fingerprint density at radius 2 is 1.68 bits per heavy atom. The van der Waals surface area contributed by atoms with Crippen molar-refractivity contribution in [1.29, 1.82) is 0 Å². The molecular formula is C29H42N4O. The highest BCUT2D eigenvalue weighted by Crippen LogP contribution is 2.27. The molecule has 2 saturated heterocycles. The molecule has 2 N–H and O–H groups in total. The summed E-state index contributed by atoms with van der Waals surface area (Å²) in [6, 6.07) is 20.3. The maximum absolute atomic E-state index is 13.1. The number of carbonyl (C=O) groups excluding carboxylic acids is 1. The number of rotatable bonds is 9. The number of carbonyl (C=O) groups is 1. The Labute approximate surface area is 205 Å². The van der Waals surface area contributed by atoms with E-state index in [0.717, 1.165) is 32.6 Å². The van der Waals surface area contributed by atoms with Crippen LogP contribution in [0.25, 0.3) is 11.1 Å². The minimum Gasteiger partial charge on any atom is -0.353 e. The van der Waals surface area contributed by atoms with Gasteiger partial charge in [0.2, 0.25) is 5.91 Å². The maximum Gasteiger partial charge on any atom is 0.237 e. The van der Waals surface area contributed by atoms with E-state index in [2.05, 4.69) is 95.8 Å². The van der Waals surface area contributed by atoms with E-state index in [0.29, 0.717) is 12.1 Å². The van der Waals surface area contributed by atoms with Gasteiger partial charge < -0.3 is 15.5 Å². The first-order valence-corrected chi connectivity index (χ1v) is 13.2. The number of nitrogens with zero attached hydrogens (tertiary/aromatic N) is 2. The molecule has 34 heavy (non-hydrogen) atoms. The highest BCUT2D eigenvalue weighted by Gasteiger charge is 2.41. The third-order valence-corrected chi connectivity index (χ3v) is 7.29. The van der Waals surface area contributed by atoms with Crippen molar-refractivity contribution in [2.24, 2.45) is 0 Å². The lowest BCUT2D eigenvalue weighted by Crippen LogP contribution is -2.52. The summed E-state index contributed by atoms with van der Waals surface area (Å²) in [5.74, 6) is 0.197. The second-order valence-electron chi connectivity index (χ2n) is 10.3. The van der Waals surface area contributed by atoms with Crippen molar-refractivity contribution in [3.8, 4) is 11.1 Å². The zero-order valence-corrected chi connectivity index (χ0v) is 21.2. The van der Waals surface area contributed by atoms with E-state index in [4.69, 9.17) is 0 Å². The van der Waals surface area contributed by atoms with E-state index in [1.807, 2.05) is 0 Å². The minimum absolute atomic E-state index is 0.0249. The van der Waals surface area contributed by atoms with Crippen LogP contribution in [-0.2, 0) is 11.3 Å². The molecule has 2 aromatic carbocycles. The SMILES string of the molecule is CCCN1CCC(N2C[C@H](NCc3ccc(-c4ccccc4)cc3)C[C@H]2C(=O)NC(C)C)CC1. The molecule has 4 rings (SSSR count). The summed E-state index contributed by atoms with van der Waals surface area (Å²) in [5.41, 5.74) is 3.78. The molecule has 0 aromatic heterocycles. The predicted octanol–water partition coefficient (Wildman–Crippen LogP) is 4.29. The zero-order chi connectivity index (χ0) is 23.9. The molecule has 2 aliphatic rings. The number of hydrogen-bond donors (Lipinski definition) is 2. The van der Waals surface area contributed by atoms with Crippen LogP contribution in [0.1, 0.15) is 52.0 Å². The van der Waals surface area contributed by atoms with Crippen LogP contribution in [0.2, 0.25) is 0 Å². The zero-order valence-electron chi connectivity index (χ0n) is 21.2. The van der Waals surface area contributed by atoms with E-state index in [1.165, 1.54) is 42.5 Å². The molecule has 0 radical (unpaired) electrons. The second-order valence-corrected chi connectivity index (χ2v) is 10.3. The van der Waals surface area contributed by atoms with Crippen LogP contribution < -0.4 is 10.6 Å². The fraction of sp³-hybridized carbons (Fsp3) is 0.552.